The maximum Gasteiger partial charge on any atom is 0.245 e. The predicted molar refractivity (Wildman–Crippen MR) is 146 cm³/mol. The minimum Gasteiger partial charge on any atom is -0.329 e. The summed E-state index contributed by atoms with van der Waals surface area (Å²) < 4.78 is 1.76. The molecule has 6 heteroatoms. The number of rotatable bonds is 11. The summed E-state index contributed by atoms with van der Waals surface area (Å²) in [6.07, 6.45) is 3.65. The zero-order valence-corrected chi connectivity index (χ0v) is 22.3. The van der Waals surface area contributed by atoms with Gasteiger partial charge in [0.2, 0.25) is 11.8 Å². The van der Waals surface area contributed by atoms with Crippen molar-refractivity contribution in [1.29, 1.82) is 0 Å². The average Bonchev–Trinajstić information content (AvgIpc) is 3.29. The van der Waals surface area contributed by atoms with Crippen LogP contribution in [0.15, 0.2) is 66.7 Å². The Morgan fingerprint density at radius 3 is 2.22 bits per heavy atom. The van der Waals surface area contributed by atoms with Crippen LogP contribution in [0.4, 0.5) is 5.82 Å². The molecule has 0 aliphatic heterocycles. The minimum absolute atomic E-state index is 0.0127. The van der Waals surface area contributed by atoms with Gasteiger partial charge in [-0.15, -0.1) is 0 Å². The summed E-state index contributed by atoms with van der Waals surface area (Å²) in [6, 6.07) is 21.5. The molecule has 0 aliphatic carbocycles. The lowest BCUT2D eigenvalue weighted by Gasteiger charge is -2.27. The smallest absolute Gasteiger partial charge is 0.245 e. The van der Waals surface area contributed by atoms with E-state index in [1.165, 1.54) is 0 Å². The van der Waals surface area contributed by atoms with Crippen LogP contribution in [0.1, 0.15) is 71.6 Å². The molecule has 2 amide bonds. The van der Waals surface area contributed by atoms with E-state index in [0.29, 0.717) is 12.4 Å². The average molecular weight is 489 g/mol. The van der Waals surface area contributed by atoms with E-state index in [1.807, 2.05) is 73.7 Å². The molecule has 1 heterocycles. The molecule has 0 aliphatic rings. The van der Waals surface area contributed by atoms with Crippen LogP contribution in [-0.2, 0) is 21.5 Å². The fourth-order valence-corrected chi connectivity index (χ4v) is 4.18. The number of hydrogen-bond acceptors (Lipinski definition) is 3. The maximum atomic E-state index is 13.5. The van der Waals surface area contributed by atoms with Crippen LogP contribution in [0, 0.1) is 5.92 Å². The van der Waals surface area contributed by atoms with E-state index in [0.717, 1.165) is 42.6 Å². The molecule has 0 saturated carbocycles. The standard InChI is InChI=1S/C30H40N4O2/c1-6-8-17-24(7-2)29(36)33(21-23-15-11-9-12-16-23)22-28(35)31-27-20-26(30(3,4)5)32-34(27)25-18-13-10-14-19-25/h9-16,18-20,24H,6-8,17,21-22H2,1-5H3,(H,31,35). The van der Waals surface area contributed by atoms with Crippen LogP contribution < -0.4 is 5.32 Å². The van der Waals surface area contributed by atoms with Crippen molar-refractivity contribution in [1.82, 2.24) is 14.7 Å². The number of para-hydroxylation sites is 1. The molecule has 0 saturated heterocycles. The Balaban J connectivity index is 1.85. The van der Waals surface area contributed by atoms with E-state index in [9.17, 15) is 9.59 Å². The first-order valence-corrected chi connectivity index (χ1v) is 13.0. The number of amides is 2. The predicted octanol–water partition coefficient (Wildman–Crippen LogP) is 6.35. The number of benzene rings is 2. The van der Waals surface area contributed by atoms with E-state index in [1.54, 1.807) is 9.58 Å². The number of carbonyl (C=O) groups excluding carboxylic acids is 2. The van der Waals surface area contributed by atoms with Gasteiger partial charge in [-0.1, -0.05) is 96.0 Å². The number of hydrogen-bond donors (Lipinski definition) is 1. The molecule has 192 valence electrons. The lowest BCUT2D eigenvalue weighted by Crippen LogP contribution is -2.41. The second-order valence-electron chi connectivity index (χ2n) is 10.4. The van der Waals surface area contributed by atoms with Crippen LogP contribution in [-0.4, -0.2) is 33.0 Å². The monoisotopic (exact) mass is 488 g/mol. The van der Waals surface area contributed by atoms with Crippen molar-refractivity contribution in [2.24, 2.45) is 5.92 Å². The summed E-state index contributed by atoms with van der Waals surface area (Å²) in [7, 11) is 0. The summed E-state index contributed by atoms with van der Waals surface area (Å²) in [5.74, 6) is 0.323. The number of nitrogens with one attached hydrogen (secondary N) is 1. The molecule has 1 aromatic heterocycles. The Morgan fingerprint density at radius 1 is 1.00 bits per heavy atom. The van der Waals surface area contributed by atoms with Gasteiger partial charge in [0.05, 0.1) is 11.4 Å². The molecule has 2 aromatic carbocycles. The van der Waals surface area contributed by atoms with E-state index in [-0.39, 0.29) is 29.7 Å². The van der Waals surface area contributed by atoms with Crippen LogP contribution in [0.2, 0.25) is 0 Å². The fraction of sp³-hybridized carbons (Fsp3) is 0.433. The summed E-state index contributed by atoms with van der Waals surface area (Å²) in [5.41, 5.74) is 2.58. The lowest BCUT2D eigenvalue weighted by molar-refractivity contribution is -0.139. The van der Waals surface area contributed by atoms with Crippen molar-refractivity contribution in [2.45, 2.75) is 72.3 Å². The van der Waals surface area contributed by atoms with Gasteiger partial charge in [-0.2, -0.15) is 5.10 Å². The Hall–Kier alpha value is -3.41. The molecule has 3 rings (SSSR count). The third-order valence-electron chi connectivity index (χ3n) is 6.36. The lowest BCUT2D eigenvalue weighted by atomic mass is 9.92. The topological polar surface area (TPSA) is 67.2 Å². The largest absolute Gasteiger partial charge is 0.329 e. The Bertz CT molecular complexity index is 1120. The van der Waals surface area contributed by atoms with Gasteiger partial charge in [-0.3, -0.25) is 9.59 Å². The van der Waals surface area contributed by atoms with E-state index < -0.39 is 0 Å². The van der Waals surface area contributed by atoms with Crippen LogP contribution in [0.5, 0.6) is 0 Å². The zero-order chi connectivity index (χ0) is 26.1. The van der Waals surface area contributed by atoms with E-state index in [4.69, 9.17) is 5.10 Å². The van der Waals surface area contributed by atoms with Gasteiger partial charge >= 0.3 is 0 Å². The molecule has 6 nitrogen and oxygen atoms in total. The summed E-state index contributed by atoms with van der Waals surface area (Å²) in [4.78, 5) is 28.6. The third kappa shape index (κ3) is 7.30. The number of nitrogens with zero attached hydrogens (tertiary/aromatic N) is 3. The third-order valence-corrected chi connectivity index (χ3v) is 6.36. The van der Waals surface area contributed by atoms with Crippen LogP contribution >= 0.6 is 0 Å². The quantitative estimate of drug-likeness (QED) is 0.342. The molecule has 0 fully saturated rings. The van der Waals surface area contributed by atoms with Gasteiger partial charge in [0.25, 0.3) is 0 Å². The first-order valence-electron chi connectivity index (χ1n) is 13.0. The number of unbranched alkanes of at least 4 members (excludes halogenated alkanes) is 1. The number of carbonyl (C=O) groups is 2. The van der Waals surface area contributed by atoms with Crippen molar-refractivity contribution in [3.05, 3.63) is 78.0 Å². The Morgan fingerprint density at radius 2 is 1.64 bits per heavy atom. The van der Waals surface area contributed by atoms with Crippen molar-refractivity contribution in [3.8, 4) is 5.69 Å². The van der Waals surface area contributed by atoms with Crippen molar-refractivity contribution >= 4 is 17.6 Å². The zero-order valence-electron chi connectivity index (χ0n) is 22.3. The second-order valence-corrected chi connectivity index (χ2v) is 10.4. The van der Waals surface area contributed by atoms with Crippen molar-refractivity contribution < 1.29 is 9.59 Å². The highest BCUT2D eigenvalue weighted by Crippen LogP contribution is 2.26. The molecule has 1 N–H and O–H groups in total. The highest BCUT2D eigenvalue weighted by molar-refractivity contribution is 5.94. The molecule has 1 atom stereocenters. The van der Waals surface area contributed by atoms with Crippen LogP contribution in [0.25, 0.3) is 5.69 Å². The highest BCUT2D eigenvalue weighted by atomic mass is 16.2. The Labute approximate surface area is 215 Å². The molecule has 0 bridgehead atoms. The minimum atomic E-state index is -0.234. The number of anilines is 1. The van der Waals surface area contributed by atoms with Crippen LogP contribution in [0.3, 0.4) is 0 Å². The number of aromatic nitrogens is 2. The summed E-state index contributed by atoms with van der Waals surface area (Å²) >= 11 is 0. The van der Waals surface area contributed by atoms with Crippen molar-refractivity contribution in [2.75, 3.05) is 11.9 Å². The van der Waals surface area contributed by atoms with Gasteiger partial charge in [0.15, 0.2) is 0 Å². The summed E-state index contributed by atoms with van der Waals surface area (Å²) in [5, 5.41) is 7.82. The molecule has 36 heavy (non-hydrogen) atoms. The fourth-order valence-electron chi connectivity index (χ4n) is 4.18. The normalized spacial score (nSPS) is 12.2. The molecular formula is C30H40N4O2. The molecule has 1 unspecified atom stereocenters. The first-order chi connectivity index (χ1) is 17.2. The maximum absolute atomic E-state index is 13.5. The molecular weight excluding hydrogens is 448 g/mol. The molecule has 0 radical (unpaired) electrons. The van der Waals surface area contributed by atoms with Gasteiger partial charge in [0.1, 0.15) is 12.4 Å². The summed E-state index contributed by atoms with van der Waals surface area (Å²) in [6.45, 7) is 10.9. The van der Waals surface area contributed by atoms with Gasteiger partial charge in [-0.25, -0.2) is 4.68 Å². The van der Waals surface area contributed by atoms with E-state index in [2.05, 4.69) is 33.0 Å². The first kappa shape index (κ1) is 27.2. The second kappa shape index (κ2) is 12.5. The van der Waals surface area contributed by atoms with E-state index >= 15 is 0 Å². The molecule has 3 aromatic rings. The van der Waals surface area contributed by atoms with Gasteiger partial charge in [-0.05, 0) is 30.5 Å². The SMILES string of the molecule is CCCCC(CC)C(=O)N(CC(=O)Nc1cc(C(C)(C)C)nn1-c1ccccc1)Cc1ccccc1. The highest BCUT2D eigenvalue weighted by Gasteiger charge is 2.26. The Kier molecular flexibility index (Phi) is 9.45. The van der Waals surface area contributed by atoms with Gasteiger partial charge in [0, 0.05) is 23.9 Å². The van der Waals surface area contributed by atoms with Gasteiger partial charge < -0.3 is 10.2 Å². The molecule has 0 spiro atoms. The van der Waals surface area contributed by atoms with Crippen molar-refractivity contribution in [3.63, 3.8) is 0 Å².